The summed E-state index contributed by atoms with van der Waals surface area (Å²) in [5.74, 6) is 1.07. The first-order valence-electron chi connectivity index (χ1n) is 14.9. The zero-order valence-corrected chi connectivity index (χ0v) is 25.0. The zero-order valence-electron chi connectivity index (χ0n) is 24.2. The number of carbonyl (C=O) groups excluding carboxylic acids is 2. The Bertz CT molecular complexity index is 1580. The Morgan fingerprint density at radius 2 is 1.65 bits per heavy atom. The van der Waals surface area contributed by atoms with Crippen molar-refractivity contribution in [3.05, 3.63) is 72.1 Å². The molecular formula is C32H37N5O5S. The lowest BCUT2D eigenvalue weighted by Gasteiger charge is -2.30. The molecule has 1 fully saturated rings. The van der Waals surface area contributed by atoms with Crippen LogP contribution in [0.2, 0.25) is 0 Å². The first kappa shape index (κ1) is 30.3. The monoisotopic (exact) mass is 603 g/mol. The lowest BCUT2D eigenvalue weighted by Crippen LogP contribution is -2.41. The van der Waals surface area contributed by atoms with Crippen LogP contribution in [0.3, 0.4) is 0 Å². The van der Waals surface area contributed by atoms with Crippen molar-refractivity contribution in [3.8, 4) is 23.2 Å². The fraction of sp³-hybridized carbons (Fsp3) is 0.438. The highest BCUT2D eigenvalue weighted by atomic mass is 32.2. The van der Waals surface area contributed by atoms with Crippen molar-refractivity contribution in [1.82, 2.24) is 19.4 Å². The van der Waals surface area contributed by atoms with E-state index in [4.69, 9.17) is 4.74 Å². The molecule has 10 nitrogen and oxygen atoms in total. The highest BCUT2D eigenvalue weighted by Gasteiger charge is 2.31. The number of ether oxygens (including phenoxy) is 1. The summed E-state index contributed by atoms with van der Waals surface area (Å²) in [4.78, 5) is 35.4. The summed E-state index contributed by atoms with van der Waals surface area (Å²) in [5.41, 5.74) is 1.60. The number of fused-ring (bicyclic) bond motifs is 4. The molecule has 5 rings (SSSR count). The first-order chi connectivity index (χ1) is 20.8. The fourth-order valence-corrected chi connectivity index (χ4v) is 7.23. The van der Waals surface area contributed by atoms with Gasteiger partial charge in [-0.1, -0.05) is 24.3 Å². The van der Waals surface area contributed by atoms with Gasteiger partial charge in [0.05, 0.1) is 35.3 Å². The Kier molecular flexibility index (Phi) is 9.77. The van der Waals surface area contributed by atoms with Crippen LogP contribution >= 0.6 is 0 Å². The fourth-order valence-electron chi connectivity index (χ4n) is 5.73. The van der Waals surface area contributed by atoms with E-state index in [1.807, 2.05) is 39.9 Å². The van der Waals surface area contributed by atoms with E-state index in [2.05, 4.69) is 11.1 Å². The minimum Gasteiger partial charge on any atom is -0.494 e. The van der Waals surface area contributed by atoms with E-state index >= 15 is 0 Å². The smallest absolute Gasteiger partial charge is 0.255 e. The van der Waals surface area contributed by atoms with Crippen LogP contribution in [-0.4, -0.2) is 83.9 Å². The van der Waals surface area contributed by atoms with E-state index in [1.165, 1.54) is 0 Å². The Labute approximate surface area is 252 Å². The molecule has 2 aliphatic heterocycles. The molecule has 0 radical (unpaired) electrons. The SMILES string of the molecule is N#Cc1ccccc1C(=O)N1CCCCN(C(=O)C2CCS(=O)(=O)CC2)CCCOc2cccc(c2)-c2nccn2CC1. The summed E-state index contributed by atoms with van der Waals surface area (Å²) in [6.07, 6.45) is 6.32. The molecule has 11 heteroatoms. The van der Waals surface area contributed by atoms with Crippen molar-refractivity contribution in [2.75, 3.05) is 44.3 Å². The predicted molar refractivity (Wildman–Crippen MR) is 162 cm³/mol. The van der Waals surface area contributed by atoms with Gasteiger partial charge < -0.3 is 19.1 Å². The molecule has 0 atom stereocenters. The maximum absolute atomic E-state index is 13.7. The molecule has 226 valence electrons. The topological polar surface area (TPSA) is 126 Å². The lowest BCUT2D eigenvalue weighted by molar-refractivity contribution is -0.136. The summed E-state index contributed by atoms with van der Waals surface area (Å²) in [6, 6.07) is 16.7. The van der Waals surface area contributed by atoms with Crippen LogP contribution in [0.15, 0.2) is 60.9 Å². The molecule has 2 bridgehead atoms. The predicted octanol–water partition coefficient (Wildman–Crippen LogP) is 3.78. The third kappa shape index (κ3) is 7.62. The molecule has 2 aromatic carbocycles. The standard InChI is InChI=1S/C32H37N5O5S/c33-24-27-7-1-2-10-29(27)32(39)37-15-4-3-14-36(31(38)25-11-21-43(40,41)22-12-25)16-6-20-42-28-9-5-8-26(23-28)30-34-13-17-35(30)18-19-37/h1-2,5,7-10,13,17,23,25H,3-4,6,11-12,14-16,18-22H2. The number of hydrogen-bond donors (Lipinski definition) is 0. The highest BCUT2D eigenvalue weighted by Crippen LogP contribution is 2.25. The third-order valence-corrected chi connectivity index (χ3v) is 9.86. The number of nitriles is 1. The van der Waals surface area contributed by atoms with Crippen molar-refractivity contribution < 1.29 is 22.7 Å². The molecule has 3 aromatic rings. The van der Waals surface area contributed by atoms with Crippen molar-refractivity contribution in [2.24, 2.45) is 5.92 Å². The van der Waals surface area contributed by atoms with Crippen molar-refractivity contribution in [2.45, 2.75) is 38.6 Å². The maximum Gasteiger partial charge on any atom is 0.255 e. The molecular weight excluding hydrogens is 566 g/mol. The van der Waals surface area contributed by atoms with Crippen molar-refractivity contribution in [1.29, 1.82) is 5.26 Å². The minimum absolute atomic E-state index is 0.00359. The normalized spacial score (nSPS) is 18.5. The maximum atomic E-state index is 13.7. The Morgan fingerprint density at radius 1 is 0.907 bits per heavy atom. The summed E-state index contributed by atoms with van der Waals surface area (Å²) in [5, 5.41) is 9.62. The molecule has 2 aliphatic rings. The van der Waals surface area contributed by atoms with Crippen LogP contribution in [-0.2, 0) is 21.2 Å². The van der Waals surface area contributed by atoms with Gasteiger partial charge in [-0.05, 0) is 56.4 Å². The van der Waals surface area contributed by atoms with Crippen molar-refractivity contribution >= 4 is 21.7 Å². The van der Waals surface area contributed by atoms with Gasteiger partial charge in [0.15, 0.2) is 0 Å². The molecule has 0 saturated carbocycles. The second-order valence-corrected chi connectivity index (χ2v) is 13.4. The van der Waals surface area contributed by atoms with Gasteiger partial charge >= 0.3 is 0 Å². The van der Waals surface area contributed by atoms with E-state index in [-0.39, 0.29) is 29.2 Å². The quantitative estimate of drug-likeness (QED) is 0.437. The van der Waals surface area contributed by atoms with E-state index in [1.54, 1.807) is 35.4 Å². The number of amides is 2. The molecule has 1 saturated heterocycles. The number of sulfone groups is 1. The molecule has 0 unspecified atom stereocenters. The second-order valence-electron chi connectivity index (χ2n) is 11.1. The van der Waals surface area contributed by atoms with E-state index < -0.39 is 9.84 Å². The summed E-state index contributed by atoms with van der Waals surface area (Å²) < 4.78 is 32.0. The van der Waals surface area contributed by atoms with Gasteiger partial charge in [0.2, 0.25) is 5.91 Å². The number of benzene rings is 2. The van der Waals surface area contributed by atoms with Crippen LogP contribution in [0.25, 0.3) is 11.4 Å². The molecule has 43 heavy (non-hydrogen) atoms. The van der Waals surface area contributed by atoms with Gasteiger partial charge in [-0.2, -0.15) is 5.26 Å². The first-order valence-corrected chi connectivity index (χ1v) is 16.7. The lowest BCUT2D eigenvalue weighted by atomic mass is 10.0. The van der Waals surface area contributed by atoms with Crippen LogP contribution in [0, 0.1) is 17.2 Å². The Hall–Kier alpha value is -4.17. The highest BCUT2D eigenvalue weighted by molar-refractivity contribution is 7.91. The Morgan fingerprint density at radius 3 is 2.44 bits per heavy atom. The van der Waals surface area contributed by atoms with Gasteiger partial charge in [0, 0.05) is 56.6 Å². The molecule has 1 aromatic heterocycles. The average Bonchev–Trinajstić information content (AvgIpc) is 3.49. The number of aromatic nitrogens is 2. The van der Waals surface area contributed by atoms with Gasteiger partial charge in [0.1, 0.15) is 21.4 Å². The number of nitrogens with zero attached hydrogens (tertiary/aromatic N) is 5. The molecule has 3 heterocycles. The number of imidazole rings is 1. The third-order valence-electron chi connectivity index (χ3n) is 8.15. The van der Waals surface area contributed by atoms with Crippen LogP contribution in [0.4, 0.5) is 0 Å². The van der Waals surface area contributed by atoms with Gasteiger partial charge in [-0.15, -0.1) is 0 Å². The van der Waals surface area contributed by atoms with Gasteiger partial charge in [0.25, 0.3) is 5.91 Å². The molecule has 0 aliphatic carbocycles. The summed E-state index contributed by atoms with van der Waals surface area (Å²) in [6.45, 7) is 2.84. The van der Waals surface area contributed by atoms with E-state index in [9.17, 15) is 23.3 Å². The molecule has 0 spiro atoms. The average molecular weight is 604 g/mol. The van der Waals surface area contributed by atoms with E-state index in [0.717, 1.165) is 11.4 Å². The summed E-state index contributed by atoms with van der Waals surface area (Å²) >= 11 is 0. The second kappa shape index (κ2) is 13.9. The summed E-state index contributed by atoms with van der Waals surface area (Å²) in [7, 11) is -3.07. The van der Waals surface area contributed by atoms with Crippen LogP contribution < -0.4 is 4.74 Å². The number of rotatable bonds is 2. The zero-order chi connectivity index (χ0) is 30.2. The van der Waals surface area contributed by atoms with Crippen molar-refractivity contribution in [3.63, 3.8) is 0 Å². The van der Waals surface area contributed by atoms with Gasteiger partial charge in [-0.25, -0.2) is 13.4 Å². The molecule has 2 amide bonds. The number of hydrogen-bond acceptors (Lipinski definition) is 7. The van der Waals surface area contributed by atoms with Crippen LogP contribution in [0.1, 0.15) is 48.0 Å². The Balaban J connectivity index is 1.38. The largest absolute Gasteiger partial charge is 0.494 e. The van der Waals surface area contributed by atoms with Gasteiger partial charge in [-0.3, -0.25) is 9.59 Å². The molecule has 0 N–H and O–H groups in total. The minimum atomic E-state index is -3.07. The van der Waals surface area contributed by atoms with E-state index in [0.29, 0.717) is 88.3 Å². The van der Waals surface area contributed by atoms with Crippen LogP contribution in [0.5, 0.6) is 5.75 Å². The number of carbonyl (C=O) groups is 2.